The number of hydrogen-bond acceptors (Lipinski definition) is 9. The van der Waals surface area contributed by atoms with E-state index in [2.05, 4.69) is 11.0 Å². The van der Waals surface area contributed by atoms with Crippen LogP contribution < -0.4 is 10.0 Å². The number of rotatable bonds is 6. The average molecular weight is 782 g/mol. The summed E-state index contributed by atoms with van der Waals surface area (Å²) in [5.74, 6) is -9.54. The van der Waals surface area contributed by atoms with Crippen molar-refractivity contribution in [2.45, 2.75) is 108 Å². The van der Waals surface area contributed by atoms with E-state index in [1.165, 1.54) is 43.3 Å². The van der Waals surface area contributed by atoms with Gasteiger partial charge in [0.05, 0.1) is 19.5 Å². The van der Waals surface area contributed by atoms with E-state index in [1.807, 2.05) is 4.72 Å². The van der Waals surface area contributed by atoms with Gasteiger partial charge in [0.1, 0.15) is 29.1 Å². The van der Waals surface area contributed by atoms with Crippen LogP contribution in [-0.4, -0.2) is 102 Å². The molecule has 0 aromatic heterocycles. The zero-order valence-electron chi connectivity index (χ0n) is 30.8. The highest BCUT2D eigenvalue weighted by Gasteiger charge is 2.62. The zero-order valence-corrected chi connectivity index (χ0v) is 31.6. The Morgan fingerprint density at radius 2 is 1.85 bits per heavy atom. The fraction of sp³-hybridized carbons (Fsp3) is 0.611. The van der Waals surface area contributed by atoms with E-state index >= 15 is 8.78 Å². The van der Waals surface area contributed by atoms with Gasteiger partial charge in [-0.25, -0.2) is 22.7 Å². The largest absolute Gasteiger partial charge is 0.460 e. The molecular formula is C36H46F3N5O9S. The third kappa shape index (κ3) is 9.44. The Balaban J connectivity index is 1.47. The molecule has 1 saturated carbocycles. The number of benzene rings is 1. The molecule has 2 N–H and O–H groups in total. The molecule has 3 aliphatic heterocycles. The molecule has 0 spiro atoms. The van der Waals surface area contributed by atoms with Gasteiger partial charge in [-0.15, -0.1) is 5.73 Å². The maximum absolute atomic E-state index is 15.1. The normalized spacial score (nSPS) is 27.1. The van der Waals surface area contributed by atoms with E-state index in [4.69, 9.17) is 9.47 Å². The molecule has 2 fully saturated rings. The van der Waals surface area contributed by atoms with Crippen molar-refractivity contribution >= 4 is 40.0 Å². The Hall–Kier alpha value is -4.41. The van der Waals surface area contributed by atoms with Gasteiger partial charge in [0.25, 0.3) is 5.91 Å². The quantitative estimate of drug-likeness (QED) is 0.325. The van der Waals surface area contributed by atoms with Crippen LogP contribution in [-0.2, 0) is 52.0 Å². The maximum atomic E-state index is 15.1. The number of halogens is 3. The SMILES string of the molecule is CN(C)S(=O)(=O)NC(=O)[C@@]12C[C@H]1C=C=CCCC(F)(F)CC[C@H](CC(=O)OC(C)(C)C)C(=O)N1C[C@H](OC(=O)N3Cc4cccc(F)c4C3)C[C@H]1C(=O)N2. The van der Waals surface area contributed by atoms with Gasteiger partial charge < -0.3 is 19.7 Å². The fourth-order valence-electron chi connectivity index (χ4n) is 6.85. The molecule has 0 radical (unpaired) electrons. The Morgan fingerprint density at radius 3 is 2.52 bits per heavy atom. The number of esters is 1. The summed E-state index contributed by atoms with van der Waals surface area (Å²) in [6.45, 7) is 4.41. The van der Waals surface area contributed by atoms with Gasteiger partial charge in [0.15, 0.2) is 0 Å². The molecule has 54 heavy (non-hydrogen) atoms. The first-order valence-electron chi connectivity index (χ1n) is 17.7. The van der Waals surface area contributed by atoms with Crippen molar-refractivity contribution in [1.29, 1.82) is 0 Å². The Bertz CT molecular complexity index is 1860. The monoisotopic (exact) mass is 781 g/mol. The number of ether oxygens (including phenoxy) is 2. The molecular weight excluding hydrogens is 735 g/mol. The number of carbonyl (C=O) groups is 5. The van der Waals surface area contributed by atoms with E-state index in [9.17, 15) is 36.8 Å². The minimum Gasteiger partial charge on any atom is -0.460 e. The molecule has 5 atom stereocenters. The average Bonchev–Trinajstić information content (AvgIpc) is 3.36. The van der Waals surface area contributed by atoms with Crippen molar-refractivity contribution in [3.63, 3.8) is 0 Å². The van der Waals surface area contributed by atoms with Crippen LogP contribution in [0.2, 0.25) is 0 Å². The predicted molar refractivity (Wildman–Crippen MR) is 186 cm³/mol. The second kappa shape index (κ2) is 15.4. The van der Waals surface area contributed by atoms with Gasteiger partial charge in [-0.05, 0) is 63.8 Å². The Labute approximate surface area is 312 Å². The van der Waals surface area contributed by atoms with Crippen LogP contribution in [0.5, 0.6) is 0 Å². The highest BCUT2D eigenvalue weighted by Crippen LogP contribution is 2.45. The summed E-state index contributed by atoms with van der Waals surface area (Å²) >= 11 is 0. The molecule has 1 aliphatic carbocycles. The summed E-state index contributed by atoms with van der Waals surface area (Å²) < 4.78 is 83.8. The van der Waals surface area contributed by atoms with Crippen molar-refractivity contribution in [3.05, 3.63) is 53.0 Å². The van der Waals surface area contributed by atoms with E-state index < -0.39 is 113 Å². The maximum Gasteiger partial charge on any atom is 0.410 e. The first kappa shape index (κ1) is 40.8. The number of alkyl halides is 2. The third-order valence-electron chi connectivity index (χ3n) is 9.88. The molecule has 4 aliphatic rings. The fourth-order valence-corrected chi connectivity index (χ4v) is 7.45. The van der Waals surface area contributed by atoms with Crippen LogP contribution in [0.25, 0.3) is 0 Å². The minimum absolute atomic E-state index is 0.0498. The van der Waals surface area contributed by atoms with Crippen molar-refractivity contribution in [2.75, 3.05) is 20.6 Å². The number of nitrogens with one attached hydrogen (secondary N) is 2. The summed E-state index contributed by atoms with van der Waals surface area (Å²) in [6, 6.07) is 3.02. The molecule has 1 aromatic carbocycles. The lowest BCUT2D eigenvalue weighted by Gasteiger charge is -2.30. The predicted octanol–water partition coefficient (Wildman–Crippen LogP) is 3.31. The van der Waals surface area contributed by atoms with Crippen LogP contribution in [0.15, 0.2) is 36.1 Å². The lowest BCUT2D eigenvalue weighted by Crippen LogP contribution is -2.57. The van der Waals surface area contributed by atoms with Crippen molar-refractivity contribution in [3.8, 4) is 0 Å². The Kier molecular flexibility index (Phi) is 11.6. The number of carbonyl (C=O) groups excluding carboxylic acids is 5. The molecule has 0 unspecified atom stereocenters. The van der Waals surface area contributed by atoms with Gasteiger partial charge in [0.2, 0.25) is 17.7 Å². The van der Waals surface area contributed by atoms with Crippen LogP contribution >= 0.6 is 0 Å². The van der Waals surface area contributed by atoms with Crippen molar-refractivity contribution in [1.82, 2.24) is 24.1 Å². The number of hydrogen-bond donors (Lipinski definition) is 2. The van der Waals surface area contributed by atoms with E-state index in [-0.39, 0.29) is 38.9 Å². The second-order valence-corrected chi connectivity index (χ2v) is 17.3. The Morgan fingerprint density at radius 1 is 1.13 bits per heavy atom. The molecule has 3 heterocycles. The molecule has 18 heteroatoms. The van der Waals surface area contributed by atoms with E-state index in [1.54, 1.807) is 26.8 Å². The summed E-state index contributed by atoms with van der Waals surface area (Å²) in [6.07, 6.45) is -2.13. The standard InChI is InChI=1S/C36H46F3N5O9S/c1-34(2,3)53-29(45)16-22-13-15-35(38,39)14-8-6-7-11-24-18-36(24,32(48)41-54(50,51)42(4)5)40-30(46)28-17-25(20-44(28)31(22)47)52-33(49)43-19-23-10-9-12-27(37)26(23)21-43/h6,9-12,22,24-25,28H,8,13-21H2,1-5H3,(H,40,46)(H,41,48)/t7?,22-,24-,25-,28+,36-/m1/s1. The highest BCUT2D eigenvalue weighted by atomic mass is 32.2. The van der Waals surface area contributed by atoms with Crippen molar-refractivity contribution < 1.29 is 55.0 Å². The van der Waals surface area contributed by atoms with E-state index in [0.717, 1.165) is 9.21 Å². The summed E-state index contributed by atoms with van der Waals surface area (Å²) in [4.78, 5) is 70.7. The first-order valence-corrected chi connectivity index (χ1v) is 19.1. The molecule has 0 bridgehead atoms. The third-order valence-corrected chi connectivity index (χ3v) is 11.3. The van der Waals surface area contributed by atoms with Gasteiger partial charge in [-0.3, -0.25) is 24.1 Å². The summed E-state index contributed by atoms with van der Waals surface area (Å²) in [5, 5.41) is 2.63. The summed E-state index contributed by atoms with van der Waals surface area (Å²) in [5.41, 5.74) is 0.907. The molecule has 14 nitrogen and oxygen atoms in total. The second-order valence-electron chi connectivity index (χ2n) is 15.4. The van der Waals surface area contributed by atoms with Crippen LogP contribution in [0.4, 0.5) is 18.0 Å². The molecule has 5 rings (SSSR count). The lowest BCUT2D eigenvalue weighted by molar-refractivity contribution is -0.159. The lowest BCUT2D eigenvalue weighted by atomic mass is 9.93. The number of amides is 4. The first-order chi connectivity index (χ1) is 25.1. The molecule has 1 aromatic rings. The topological polar surface area (TPSA) is 172 Å². The van der Waals surface area contributed by atoms with E-state index in [0.29, 0.717) is 11.1 Å². The number of nitrogens with zero attached hydrogens (tertiary/aromatic N) is 3. The van der Waals surface area contributed by atoms with Crippen molar-refractivity contribution in [2.24, 2.45) is 11.8 Å². The van der Waals surface area contributed by atoms with Crippen LogP contribution in [0, 0.1) is 17.7 Å². The molecule has 1 saturated heterocycles. The molecule has 296 valence electrons. The number of fused-ring (bicyclic) bond motifs is 3. The van der Waals surface area contributed by atoms with Gasteiger partial charge in [0, 0.05) is 57.3 Å². The zero-order chi connectivity index (χ0) is 39.8. The van der Waals surface area contributed by atoms with Gasteiger partial charge >= 0.3 is 22.3 Å². The highest BCUT2D eigenvalue weighted by molar-refractivity contribution is 7.87. The van der Waals surface area contributed by atoms with Crippen LogP contribution in [0.1, 0.15) is 76.8 Å². The smallest absolute Gasteiger partial charge is 0.410 e. The summed E-state index contributed by atoms with van der Waals surface area (Å²) in [7, 11) is -1.91. The van der Waals surface area contributed by atoms with Gasteiger partial charge in [-0.2, -0.15) is 12.7 Å². The van der Waals surface area contributed by atoms with Gasteiger partial charge in [-0.1, -0.05) is 12.1 Å². The molecule has 4 amide bonds. The minimum atomic E-state index is -4.31. The van der Waals surface area contributed by atoms with Crippen LogP contribution in [0.3, 0.4) is 0 Å².